The molecule has 0 fully saturated rings. The van der Waals surface area contributed by atoms with Gasteiger partial charge in [0, 0.05) is 11.3 Å². The molecule has 1 amide bonds. The number of carboxylic acid groups (broad SMARTS) is 2. The Morgan fingerprint density at radius 3 is 2.65 bits per heavy atom. The van der Waals surface area contributed by atoms with Crippen LogP contribution in [0, 0.1) is 0 Å². The van der Waals surface area contributed by atoms with Gasteiger partial charge in [0.25, 0.3) is 5.91 Å². The van der Waals surface area contributed by atoms with Crippen molar-refractivity contribution in [1.82, 2.24) is 5.32 Å². The maximum atomic E-state index is 12.0. The van der Waals surface area contributed by atoms with Crippen LogP contribution in [0.3, 0.4) is 0 Å². The lowest BCUT2D eigenvalue weighted by Gasteiger charge is -2.12. The Morgan fingerprint density at radius 2 is 2.05 bits per heavy atom. The van der Waals surface area contributed by atoms with E-state index in [4.69, 9.17) is 10.2 Å². The minimum atomic E-state index is -1.22. The van der Waals surface area contributed by atoms with Crippen LogP contribution in [0.4, 0.5) is 0 Å². The van der Waals surface area contributed by atoms with Crippen molar-refractivity contribution in [1.29, 1.82) is 0 Å². The number of aryl methyl sites for hydroxylation is 2. The molecule has 2 rings (SSSR count). The van der Waals surface area contributed by atoms with E-state index in [-0.39, 0.29) is 12.8 Å². The molecule has 1 aromatic heterocycles. The number of hydrogen-bond donors (Lipinski definition) is 3. The second-order valence-corrected chi connectivity index (χ2v) is 5.85. The van der Waals surface area contributed by atoms with Crippen LogP contribution < -0.4 is 5.32 Å². The predicted molar refractivity (Wildman–Crippen MR) is 72.1 cm³/mol. The standard InChI is InChI=1S/C13H15NO5S/c15-11(16)5-4-8(13(18)19)14-12(17)10-6-7-2-1-3-9(7)20-10/h6,8H,1-5H2,(H,14,17)(H,15,16)(H,18,19)/t8-/m0/s1. The van der Waals surface area contributed by atoms with Crippen LogP contribution in [0.25, 0.3) is 0 Å². The lowest BCUT2D eigenvalue weighted by molar-refractivity contribution is -0.140. The number of nitrogens with one attached hydrogen (secondary N) is 1. The van der Waals surface area contributed by atoms with E-state index >= 15 is 0 Å². The molecule has 0 aromatic carbocycles. The van der Waals surface area contributed by atoms with E-state index < -0.39 is 23.9 Å². The molecule has 0 saturated carbocycles. The molecule has 0 aliphatic heterocycles. The Kier molecular flexibility index (Phi) is 4.39. The molecular formula is C13H15NO5S. The molecule has 1 aliphatic carbocycles. The third-order valence-corrected chi connectivity index (χ3v) is 4.46. The van der Waals surface area contributed by atoms with Gasteiger partial charge in [0.2, 0.25) is 0 Å². The molecule has 1 aromatic rings. The SMILES string of the molecule is O=C(O)CC[C@H](NC(=O)c1cc2c(s1)CCC2)C(=O)O. The summed E-state index contributed by atoms with van der Waals surface area (Å²) in [6.45, 7) is 0. The quantitative estimate of drug-likeness (QED) is 0.734. The molecule has 0 radical (unpaired) electrons. The normalized spacial score (nSPS) is 14.6. The van der Waals surface area contributed by atoms with Gasteiger partial charge in [-0.05, 0) is 37.3 Å². The molecule has 1 atom stereocenters. The van der Waals surface area contributed by atoms with Crippen LogP contribution in [0.1, 0.15) is 39.4 Å². The molecule has 1 aliphatic rings. The maximum absolute atomic E-state index is 12.0. The van der Waals surface area contributed by atoms with Crippen LogP contribution in [0.2, 0.25) is 0 Å². The highest BCUT2D eigenvalue weighted by Gasteiger charge is 2.24. The Balaban J connectivity index is 2.00. The molecule has 0 spiro atoms. The summed E-state index contributed by atoms with van der Waals surface area (Å²) in [5, 5.41) is 20.0. The summed E-state index contributed by atoms with van der Waals surface area (Å²) in [6, 6.07) is 0.633. The molecular weight excluding hydrogens is 282 g/mol. The summed E-state index contributed by atoms with van der Waals surface area (Å²) < 4.78 is 0. The zero-order valence-corrected chi connectivity index (χ0v) is 11.5. The van der Waals surface area contributed by atoms with Gasteiger partial charge >= 0.3 is 11.9 Å². The third kappa shape index (κ3) is 3.36. The van der Waals surface area contributed by atoms with Gasteiger partial charge < -0.3 is 15.5 Å². The van der Waals surface area contributed by atoms with Crippen molar-refractivity contribution in [2.75, 3.05) is 0 Å². The fraction of sp³-hybridized carbons (Fsp3) is 0.462. The van der Waals surface area contributed by atoms with Crippen molar-refractivity contribution in [3.8, 4) is 0 Å². The van der Waals surface area contributed by atoms with Crippen molar-refractivity contribution in [3.63, 3.8) is 0 Å². The van der Waals surface area contributed by atoms with E-state index in [0.717, 1.165) is 24.8 Å². The minimum absolute atomic E-state index is 0.124. The number of aliphatic carboxylic acids is 2. The Hall–Kier alpha value is -1.89. The van der Waals surface area contributed by atoms with E-state index in [1.165, 1.54) is 16.2 Å². The van der Waals surface area contributed by atoms with E-state index in [1.54, 1.807) is 6.07 Å². The van der Waals surface area contributed by atoms with Gasteiger partial charge in [-0.1, -0.05) is 0 Å². The van der Waals surface area contributed by atoms with Gasteiger partial charge in [-0.2, -0.15) is 0 Å². The molecule has 20 heavy (non-hydrogen) atoms. The van der Waals surface area contributed by atoms with Crippen molar-refractivity contribution >= 4 is 29.2 Å². The average Bonchev–Trinajstić information content (AvgIpc) is 2.93. The number of thiophene rings is 1. The highest BCUT2D eigenvalue weighted by atomic mass is 32.1. The highest BCUT2D eigenvalue weighted by Crippen LogP contribution is 2.30. The Morgan fingerprint density at radius 1 is 1.30 bits per heavy atom. The first kappa shape index (κ1) is 14.5. The van der Waals surface area contributed by atoms with Crippen LogP contribution in [-0.2, 0) is 22.4 Å². The van der Waals surface area contributed by atoms with E-state index in [2.05, 4.69) is 5.32 Å². The summed E-state index contributed by atoms with van der Waals surface area (Å²) in [4.78, 5) is 35.2. The van der Waals surface area contributed by atoms with Crippen LogP contribution >= 0.6 is 11.3 Å². The first-order valence-electron chi connectivity index (χ1n) is 6.34. The molecule has 0 saturated heterocycles. The largest absolute Gasteiger partial charge is 0.481 e. The minimum Gasteiger partial charge on any atom is -0.481 e. The smallest absolute Gasteiger partial charge is 0.326 e. The summed E-state index contributed by atoms with van der Waals surface area (Å²) in [5.41, 5.74) is 1.16. The second-order valence-electron chi connectivity index (χ2n) is 4.71. The number of amides is 1. The number of carbonyl (C=O) groups is 3. The van der Waals surface area contributed by atoms with Gasteiger partial charge in [0.15, 0.2) is 0 Å². The third-order valence-electron chi connectivity index (χ3n) is 3.22. The van der Waals surface area contributed by atoms with Gasteiger partial charge in [-0.3, -0.25) is 9.59 Å². The van der Waals surface area contributed by atoms with E-state index in [1.807, 2.05) is 0 Å². The second kappa shape index (κ2) is 6.04. The lowest BCUT2D eigenvalue weighted by Crippen LogP contribution is -2.40. The first-order valence-corrected chi connectivity index (χ1v) is 7.16. The molecule has 108 valence electrons. The highest BCUT2D eigenvalue weighted by molar-refractivity contribution is 7.14. The molecule has 0 unspecified atom stereocenters. The molecule has 1 heterocycles. The van der Waals surface area contributed by atoms with Gasteiger partial charge in [-0.15, -0.1) is 11.3 Å². The van der Waals surface area contributed by atoms with Crippen LogP contribution in [-0.4, -0.2) is 34.1 Å². The number of carboxylic acids is 2. The van der Waals surface area contributed by atoms with Gasteiger partial charge in [0.1, 0.15) is 6.04 Å². The van der Waals surface area contributed by atoms with Gasteiger partial charge in [0.05, 0.1) is 4.88 Å². The fourth-order valence-electron chi connectivity index (χ4n) is 2.20. The monoisotopic (exact) mass is 297 g/mol. The molecule has 0 bridgehead atoms. The van der Waals surface area contributed by atoms with Crippen molar-refractivity contribution < 1.29 is 24.6 Å². The topological polar surface area (TPSA) is 104 Å². The number of rotatable bonds is 6. The molecule has 3 N–H and O–H groups in total. The van der Waals surface area contributed by atoms with E-state index in [9.17, 15) is 14.4 Å². The van der Waals surface area contributed by atoms with Gasteiger partial charge in [-0.25, -0.2) is 4.79 Å². The first-order chi connectivity index (χ1) is 9.47. The number of hydrogen-bond acceptors (Lipinski definition) is 4. The Labute approximate surface area is 119 Å². The molecule has 6 nitrogen and oxygen atoms in total. The lowest BCUT2D eigenvalue weighted by atomic mass is 10.1. The zero-order valence-electron chi connectivity index (χ0n) is 10.7. The van der Waals surface area contributed by atoms with Crippen molar-refractivity contribution in [2.24, 2.45) is 0 Å². The van der Waals surface area contributed by atoms with Crippen molar-refractivity contribution in [2.45, 2.75) is 38.1 Å². The zero-order chi connectivity index (χ0) is 14.7. The predicted octanol–water partition coefficient (Wildman–Crippen LogP) is 1.28. The summed E-state index contributed by atoms with van der Waals surface area (Å²) >= 11 is 1.39. The van der Waals surface area contributed by atoms with Crippen LogP contribution in [0.15, 0.2) is 6.07 Å². The molecule has 7 heteroatoms. The summed E-state index contributed by atoms with van der Waals surface area (Å²) in [7, 11) is 0. The number of carbonyl (C=O) groups excluding carboxylic acids is 1. The summed E-state index contributed by atoms with van der Waals surface area (Å²) in [5.74, 6) is -2.74. The van der Waals surface area contributed by atoms with Crippen molar-refractivity contribution in [3.05, 3.63) is 21.4 Å². The number of fused-ring (bicyclic) bond motifs is 1. The Bertz CT molecular complexity index is 529. The maximum Gasteiger partial charge on any atom is 0.326 e. The fourth-order valence-corrected chi connectivity index (χ4v) is 3.35. The average molecular weight is 297 g/mol. The van der Waals surface area contributed by atoms with Crippen LogP contribution in [0.5, 0.6) is 0 Å². The summed E-state index contributed by atoms with van der Waals surface area (Å²) in [6.07, 6.45) is 2.61. The van der Waals surface area contributed by atoms with E-state index in [0.29, 0.717) is 4.88 Å².